The van der Waals surface area contributed by atoms with Gasteiger partial charge in [0.15, 0.2) is 6.10 Å². The first-order chi connectivity index (χ1) is 15.1. The molecule has 5 rings (SSSR count). The Morgan fingerprint density at radius 2 is 1.55 bits per heavy atom. The highest BCUT2D eigenvalue weighted by Crippen LogP contribution is 2.47. The number of hydrogen-bond donors (Lipinski definition) is 0. The quantitative estimate of drug-likeness (QED) is 0.444. The molecule has 3 unspecified atom stereocenters. The van der Waals surface area contributed by atoms with Gasteiger partial charge in [-0.15, -0.1) is 11.8 Å². The third-order valence-electron chi connectivity index (χ3n) is 5.68. The van der Waals surface area contributed by atoms with Crippen LogP contribution in [-0.2, 0) is 14.4 Å². The van der Waals surface area contributed by atoms with Gasteiger partial charge < -0.3 is 0 Å². The molecule has 156 valence electrons. The van der Waals surface area contributed by atoms with E-state index in [1.165, 1.54) is 18.2 Å². The maximum Gasteiger partial charge on any atom is 0.266 e. The Bertz CT molecular complexity index is 1140. The molecular weight excluding hydrogens is 415 g/mol. The number of rotatable bonds is 4. The van der Waals surface area contributed by atoms with Crippen molar-refractivity contribution in [3.05, 3.63) is 90.2 Å². The van der Waals surface area contributed by atoms with E-state index in [9.17, 15) is 14.0 Å². The molecule has 0 aliphatic carbocycles. The van der Waals surface area contributed by atoms with Crippen LogP contribution < -0.4 is 9.96 Å². The lowest BCUT2D eigenvalue weighted by Gasteiger charge is -2.29. The van der Waals surface area contributed by atoms with Gasteiger partial charge in [0.1, 0.15) is 11.7 Å². The molecule has 31 heavy (non-hydrogen) atoms. The molecule has 7 heteroatoms. The number of para-hydroxylation sites is 2. The molecule has 0 N–H and O–H groups in total. The summed E-state index contributed by atoms with van der Waals surface area (Å²) >= 11 is 1.62. The minimum absolute atomic E-state index is 0.0433. The first-order valence-electron chi connectivity index (χ1n) is 9.87. The van der Waals surface area contributed by atoms with Crippen molar-refractivity contribution in [1.82, 2.24) is 0 Å². The van der Waals surface area contributed by atoms with E-state index in [1.807, 2.05) is 60.9 Å². The van der Waals surface area contributed by atoms with Crippen molar-refractivity contribution < 1.29 is 18.8 Å². The number of halogens is 1. The summed E-state index contributed by atoms with van der Waals surface area (Å²) in [5.41, 5.74) is 1.55. The van der Waals surface area contributed by atoms with Gasteiger partial charge in [-0.3, -0.25) is 14.4 Å². The first-order valence-corrected chi connectivity index (χ1v) is 11.1. The van der Waals surface area contributed by atoms with Gasteiger partial charge in [-0.05, 0) is 48.2 Å². The van der Waals surface area contributed by atoms with E-state index in [4.69, 9.17) is 4.84 Å². The molecule has 2 aliphatic rings. The lowest BCUT2D eigenvalue weighted by atomic mass is 9.90. The number of thioether (sulfide) groups is 1. The number of nitrogens with zero attached hydrogens (tertiary/aromatic N) is 2. The largest absolute Gasteiger partial charge is 0.273 e. The van der Waals surface area contributed by atoms with E-state index >= 15 is 0 Å². The second-order valence-electron chi connectivity index (χ2n) is 7.39. The summed E-state index contributed by atoms with van der Waals surface area (Å²) in [5.74, 6) is -2.42. The number of fused-ring (bicyclic) bond motifs is 1. The summed E-state index contributed by atoms with van der Waals surface area (Å²) < 4.78 is 14.4. The number of hydroxylamine groups is 1. The van der Waals surface area contributed by atoms with Gasteiger partial charge in [0.25, 0.3) is 5.91 Å². The summed E-state index contributed by atoms with van der Waals surface area (Å²) in [4.78, 5) is 34.7. The summed E-state index contributed by atoms with van der Waals surface area (Å²) in [7, 11) is 0. The van der Waals surface area contributed by atoms with Crippen LogP contribution in [0, 0.1) is 11.7 Å². The standard InChI is InChI=1S/C24H19FN2O3S/c1-31-17-13-11-15(12-14-17)21-20-22(30-27(21)16-7-3-2-4-8-16)24(29)26(23(20)28)19-10-6-5-9-18(19)25/h2-14,20-22H,1H3. The fourth-order valence-corrected chi connectivity index (χ4v) is 4.63. The minimum Gasteiger partial charge on any atom is -0.273 e. The van der Waals surface area contributed by atoms with E-state index in [0.29, 0.717) is 0 Å². The summed E-state index contributed by atoms with van der Waals surface area (Å²) in [6, 6.07) is 22.5. The molecular formula is C24H19FN2O3S. The van der Waals surface area contributed by atoms with Crippen molar-refractivity contribution in [1.29, 1.82) is 0 Å². The van der Waals surface area contributed by atoms with Crippen LogP contribution in [0.5, 0.6) is 0 Å². The topological polar surface area (TPSA) is 49.9 Å². The van der Waals surface area contributed by atoms with Crippen LogP contribution in [0.2, 0.25) is 0 Å². The smallest absolute Gasteiger partial charge is 0.266 e. The third kappa shape index (κ3) is 3.21. The maximum atomic E-state index is 14.4. The molecule has 2 aliphatic heterocycles. The molecule has 0 bridgehead atoms. The highest BCUT2D eigenvalue weighted by Gasteiger charge is 2.60. The molecule has 0 spiro atoms. The van der Waals surface area contributed by atoms with Crippen molar-refractivity contribution in [2.45, 2.75) is 17.0 Å². The number of hydrogen-bond acceptors (Lipinski definition) is 5. The fourth-order valence-electron chi connectivity index (χ4n) is 4.22. The Morgan fingerprint density at radius 1 is 0.871 bits per heavy atom. The Hall–Kier alpha value is -3.16. The molecule has 5 nitrogen and oxygen atoms in total. The lowest BCUT2D eigenvalue weighted by Crippen LogP contribution is -2.37. The Labute approximate surface area is 183 Å². The number of carbonyl (C=O) groups excluding carboxylic acids is 2. The Morgan fingerprint density at radius 3 is 2.23 bits per heavy atom. The van der Waals surface area contributed by atoms with Crippen molar-refractivity contribution in [2.75, 3.05) is 16.2 Å². The van der Waals surface area contributed by atoms with Gasteiger partial charge in [-0.1, -0.05) is 42.5 Å². The van der Waals surface area contributed by atoms with Crippen molar-refractivity contribution in [2.24, 2.45) is 5.92 Å². The summed E-state index contributed by atoms with van der Waals surface area (Å²) in [5, 5.41) is 1.64. The third-order valence-corrected chi connectivity index (χ3v) is 6.42. The second-order valence-corrected chi connectivity index (χ2v) is 8.27. The van der Waals surface area contributed by atoms with Crippen LogP contribution in [0.3, 0.4) is 0 Å². The van der Waals surface area contributed by atoms with Crippen LogP contribution in [0.25, 0.3) is 0 Å². The zero-order valence-electron chi connectivity index (χ0n) is 16.6. The molecule has 3 aromatic rings. The van der Waals surface area contributed by atoms with Gasteiger partial charge in [0.2, 0.25) is 5.91 Å². The van der Waals surface area contributed by atoms with Crippen molar-refractivity contribution in [3.8, 4) is 0 Å². The Kier molecular flexibility index (Phi) is 5.00. The molecule has 2 saturated heterocycles. The lowest BCUT2D eigenvalue weighted by molar-refractivity contribution is -0.126. The zero-order valence-corrected chi connectivity index (χ0v) is 17.5. The monoisotopic (exact) mass is 434 g/mol. The average Bonchev–Trinajstić information content (AvgIpc) is 3.31. The highest BCUT2D eigenvalue weighted by molar-refractivity contribution is 7.98. The predicted molar refractivity (Wildman–Crippen MR) is 117 cm³/mol. The fraction of sp³-hybridized carbons (Fsp3) is 0.167. The Balaban J connectivity index is 1.59. The number of carbonyl (C=O) groups is 2. The van der Waals surface area contributed by atoms with Crippen molar-refractivity contribution in [3.63, 3.8) is 0 Å². The van der Waals surface area contributed by atoms with Crippen LogP contribution in [0.15, 0.2) is 83.8 Å². The van der Waals surface area contributed by atoms with Crippen LogP contribution in [0.1, 0.15) is 11.6 Å². The summed E-state index contributed by atoms with van der Waals surface area (Å²) in [6.07, 6.45) is 0.975. The highest BCUT2D eigenvalue weighted by atomic mass is 32.2. The summed E-state index contributed by atoms with van der Waals surface area (Å²) in [6.45, 7) is 0. The van der Waals surface area contributed by atoms with Crippen molar-refractivity contribution >= 4 is 35.0 Å². The van der Waals surface area contributed by atoms with Gasteiger partial charge >= 0.3 is 0 Å². The molecule has 0 saturated carbocycles. The van der Waals surface area contributed by atoms with E-state index in [0.717, 1.165) is 21.0 Å². The molecule has 3 aromatic carbocycles. The van der Waals surface area contributed by atoms with E-state index < -0.39 is 35.7 Å². The zero-order chi connectivity index (χ0) is 21.5. The molecule has 2 fully saturated rings. The number of anilines is 2. The van der Waals surface area contributed by atoms with Crippen LogP contribution in [0.4, 0.5) is 15.8 Å². The molecule has 0 radical (unpaired) electrons. The van der Waals surface area contributed by atoms with E-state index in [-0.39, 0.29) is 5.69 Å². The van der Waals surface area contributed by atoms with E-state index in [1.54, 1.807) is 22.9 Å². The minimum atomic E-state index is -1.02. The van der Waals surface area contributed by atoms with Gasteiger partial charge in [-0.25, -0.2) is 14.4 Å². The average molecular weight is 434 g/mol. The van der Waals surface area contributed by atoms with Crippen LogP contribution >= 0.6 is 11.8 Å². The molecule has 2 heterocycles. The molecule has 3 atom stereocenters. The normalized spacial score (nSPS) is 22.8. The predicted octanol–water partition coefficient (Wildman–Crippen LogP) is 4.60. The van der Waals surface area contributed by atoms with Gasteiger partial charge in [0.05, 0.1) is 17.4 Å². The van der Waals surface area contributed by atoms with Gasteiger partial charge in [0, 0.05) is 4.90 Å². The second kappa shape index (κ2) is 7.83. The number of amides is 2. The SMILES string of the molecule is CSc1ccc(C2C3C(=O)N(c4ccccc4F)C(=O)C3ON2c2ccccc2)cc1. The number of imide groups is 1. The number of benzene rings is 3. The molecule has 2 amide bonds. The maximum absolute atomic E-state index is 14.4. The van der Waals surface area contributed by atoms with Gasteiger partial charge in [-0.2, -0.15) is 0 Å². The first kappa shape index (κ1) is 19.8. The van der Waals surface area contributed by atoms with E-state index in [2.05, 4.69) is 0 Å². The molecule has 0 aromatic heterocycles. The van der Waals surface area contributed by atoms with Crippen LogP contribution in [-0.4, -0.2) is 24.2 Å².